The first-order valence-electron chi connectivity index (χ1n) is 40.3. The first-order chi connectivity index (χ1) is 42.5. The molecule has 0 rings (SSSR count). The van der Waals surface area contributed by atoms with Crippen LogP contribution in [0, 0.1) is 0 Å². The summed E-state index contributed by atoms with van der Waals surface area (Å²) in [4.78, 5) is 24.6. The molecular weight excluding hydrogens is 1050 g/mol. The Hall–Kier alpha value is -1.14. The molecule has 0 heterocycles. The third kappa shape index (κ3) is 71.9. The molecule has 0 aliphatic heterocycles. The van der Waals surface area contributed by atoms with Crippen molar-refractivity contribution in [2.24, 2.45) is 0 Å². The van der Waals surface area contributed by atoms with Gasteiger partial charge >= 0.3 is 5.97 Å². The molecular formula is C80H159NO5. The minimum atomic E-state index is -0.660. The van der Waals surface area contributed by atoms with Gasteiger partial charge in [-0.2, -0.15) is 0 Å². The minimum absolute atomic E-state index is 0.0238. The highest BCUT2D eigenvalue weighted by Crippen LogP contribution is 2.21. The van der Waals surface area contributed by atoms with E-state index in [9.17, 15) is 19.8 Å². The molecule has 514 valence electrons. The lowest BCUT2D eigenvalue weighted by atomic mass is 10.0. The van der Waals surface area contributed by atoms with Crippen LogP contribution in [0.25, 0.3) is 0 Å². The third-order valence-electron chi connectivity index (χ3n) is 19.4. The number of nitrogens with one attached hydrogen (secondary N) is 1. The number of aliphatic hydroxyl groups excluding tert-OH is 2. The fourth-order valence-corrected chi connectivity index (χ4v) is 13.3. The van der Waals surface area contributed by atoms with Gasteiger partial charge in [-0.05, 0) is 25.7 Å². The van der Waals surface area contributed by atoms with Crippen LogP contribution in [0.3, 0.4) is 0 Å². The van der Waals surface area contributed by atoms with Crippen molar-refractivity contribution in [1.82, 2.24) is 5.32 Å². The Morgan fingerprint density at radius 1 is 0.279 bits per heavy atom. The smallest absolute Gasteiger partial charge is 0.305 e. The monoisotopic (exact) mass is 1210 g/mol. The summed E-state index contributed by atoms with van der Waals surface area (Å²) in [5.41, 5.74) is 0. The average Bonchev–Trinajstić information content (AvgIpc) is 3.58. The van der Waals surface area contributed by atoms with E-state index in [0.717, 1.165) is 38.5 Å². The second-order valence-electron chi connectivity index (χ2n) is 28.1. The van der Waals surface area contributed by atoms with Crippen LogP contribution in [0.2, 0.25) is 0 Å². The molecule has 0 spiro atoms. The quantitative estimate of drug-likeness (QED) is 0.0417. The van der Waals surface area contributed by atoms with Gasteiger partial charge in [-0.3, -0.25) is 9.59 Å². The zero-order chi connectivity index (χ0) is 62.0. The SMILES string of the molecule is CCCCCCCCCCCCCCCCCCCCC(O)C(CO)NC(=O)CCCCCCCCCCCCCCCCCCCCCCCCCCCCCCCCCCCCCCCOC(=O)CCCCCCCCCCCCCCCC. The van der Waals surface area contributed by atoms with E-state index in [2.05, 4.69) is 19.2 Å². The average molecular weight is 1220 g/mol. The topological polar surface area (TPSA) is 95.9 Å². The molecule has 2 unspecified atom stereocenters. The lowest BCUT2D eigenvalue weighted by molar-refractivity contribution is -0.143. The first kappa shape index (κ1) is 84.9. The Labute approximate surface area is 540 Å². The molecule has 0 saturated heterocycles. The largest absolute Gasteiger partial charge is 0.466 e. The highest BCUT2D eigenvalue weighted by molar-refractivity contribution is 5.76. The maximum absolute atomic E-state index is 12.5. The van der Waals surface area contributed by atoms with Crippen LogP contribution in [0.5, 0.6) is 0 Å². The van der Waals surface area contributed by atoms with E-state index < -0.39 is 12.1 Å². The number of esters is 1. The van der Waals surface area contributed by atoms with E-state index in [-0.39, 0.29) is 18.5 Å². The molecule has 6 nitrogen and oxygen atoms in total. The number of hydrogen-bond acceptors (Lipinski definition) is 5. The molecule has 0 fully saturated rings. The molecule has 0 aromatic heterocycles. The van der Waals surface area contributed by atoms with Gasteiger partial charge in [-0.25, -0.2) is 0 Å². The zero-order valence-corrected chi connectivity index (χ0v) is 59.1. The molecule has 0 aliphatic carbocycles. The van der Waals surface area contributed by atoms with Crippen molar-refractivity contribution < 1.29 is 24.5 Å². The number of hydrogen-bond donors (Lipinski definition) is 3. The van der Waals surface area contributed by atoms with Gasteiger partial charge in [0.2, 0.25) is 5.91 Å². The van der Waals surface area contributed by atoms with Crippen molar-refractivity contribution in [3.05, 3.63) is 0 Å². The molecule has 3 N–H and O–H groups in total. The first-order valence-corrected chi connectivity index (χ1v) is 40.3. The summed E-state index contributed by atoms with van der Waals surface area (Å²) in [7, 11) is 0. The lowest BCUT2D eigenvalue weighted by Crippen LogP contribution is -2.45. The van der Waals surface area contributed by atoms with Gasteiger partial charge < -0.3 is 20.3 Å². The summed E-state index contributed by atoms with van der Waals surface area (Å²) in [5, 5.41) is 23.4. The van der Waals surface area contributed by atoms with Crippen molar-refractivity contribution in [2.75, 3.05) is 13.2 Å². The van der Waals surface area contributed by atoms with Crippen LogP contribution in [-0.4, -0.2) is 47.4 Å². The van der Waals surface area contributed by atoms with Gasteiger partial charge in [-0.15, -0.1) is 0 Å². The second kappa shape index (κ2) is 76.3. The summed E-state index contributed by atoms with van der Waals surface area (Å²) in [5.74, 6) is 0.00319. The van der Waals surface area contributed by atoms with Crippen molar-refractivity contribution in [2.45, 2.75) is 488 Å². The van der Waals surface area contributed by atoms with E-state index in [1.54, 1.807) is 0 Å². The van der Waals surface area contributed by atoms with Crippen LogP contribution in [0.4, 0.5) is 0 Å². The number of rotatable bonds is 77. The van der Waals surface area contributed by atoms with Gasteiger partial charge in [0.25, 0.3) is 0 Å². The van der Waals surface area contributed by atoms with Crippen LogP contribution in [0.15, 0.2) is 0 Å². The summed E-state index contributed by atoms with van der Waals surface area (Å²) in [6, 6.07) is -0.536. The molecule has 0 aromatic carbocycles. The molecule has 0 bridgehead atoms. The third-order valence-corrected chi connectivity index (χ3v) is 19.4. The Morgan fingerprint density at radius 2 is 0.477 bits per heavy atom. The number of amides is 1. The standard InChI is InChI=1S/C80H159NO5/c1-3-5-7-9-11-13-15-17-19-20-42-45-48-52-56-60-64-68-72-78(83)77(76-82)81-79(84)73-69-65-61-57-53-49-46-43-40-38-36-34-32-30-28-26-24-22-21-23-25-27-29-31-33-35-37-39-41-44-47-51-55-59-63-67-71-75-86-80(85)74-70-66-62-58-54-50-18-16-14-12-10-8-6-4-2/h77-78,82-83H,3-76H2,1-2H3,(H,81,84). The van der Waals surface area contributed by atoms with Crippen molar-refractivity contribution >= 4 is 11.9 Å². The summed E-state index contributed by atoms with van der Waals surface area (Å²) < 4.78 is 5.50. The molecule has 0 saturated carbocycles. The maximum atomic E-state index is 12.5. The zero-order valence-electron chi connectivity index (χ0n) is 59.1. The minimum Gasteiger partial charge on any atom is -0.466 e. The molecule has 2 atom stereocenters. The molecule has 86 heavy (non-hydrogen) atoms. The molecule has 0 radical (unpaired) electrons. The van der Waals surface area contributed by atoms with E-state index in [1.165, 1.54) is 405 Å². The molecule has 1 amide bonds. The maximum Gasteiger partial charge on any atom is 0.305 e. The molecule has 0 aliphatic rings. The summed E-state index contributed by atoms with van der Waals surface area (Å²) in [6.07, 6.45) is 95.0. The normalized spacial score (nSPS) is 12.4. The molecule has 6 heteroatoms. The Balaban J connectivity index is 3.29. The number of aliphatic hydroxyl groups is 2. The second-order valence-corrected chi connectivity index (χ2v) is 28.1. The van der Waals surface area contributed by atoms with E-state index in [0.29, 0.717) is 25.9 Å². The van der Waals surface area contributed by atoms with Gasteiger partial charge in [0, 0.05) is 12.8 Å². The predicted octanol–water partition coefficient (Wildman–Crippen LogP) is 26.5. The number of carbonyl (C=O) groups excluding carboxylic acids is 2. The van der Waals surface area contributed by atoms with Gasteiger partial charge in [-0.1, -0.05) is 438 Å². The van der Waals surface area contributed by atoms with E-state index in [1.807, 2.05) is 0 Å². The van der Waals surface area contributed by atoms with Crippen molar-refractivity contribution in [3.63, 3.8) is 0 Å². The Kier molecular flexibility index (Phi) is 75.3. The predicted molar refractivity (Wildman–Crippen MR) is 380 cm³/mol. The van der Waals surface area contributed by atoms with Gasteiger partial charge in [0.05, 0.1) is 25.4 Å². The summed E-state index contributed by atoms with van der Waals surface area (Å²) >= 11 is 0. The van der Waals surface area contributed by atoms with Gasteiger partial charge in [0.15, 0.2) is 0 Å². The Bertz CT molecular complexity index is 1260. The highest BCUT2D eigenvalue weighted by atomic mass is 16.5. The summed E-state index contributed by atoms with van der Waals surface area (Å²) in [6.45, 7) is 5.02. The van der Waals surface area contributed by atoms with Crippen LogP contribution in [-0.2, 0) is 14.3 Å². The van der Waals surface area contributed by atoms with Crippen LogP contribution in [0.1, 0.15) is 476 Å². The van der Waals surface area contributed by atoms with Gasteiger partial charge in [0.1, 0.15) is 0 Å². The number of carbonyl (C=O) groups is 2. The Morgan fingerprint density at radius 3 is 0.709 bits per heavy atom. The fourth-order valence-electron chi connectivity index (χ4n) is 13.3. The molecule has 0 aromatic rings. The van der Waals surface area contributed by atoms with E-state index >= 15 is 0 Å². The number of unbranched alkanes of at least 4 members (excludes halogenated alkanes) is 66. The number of ether oxygens (including phenoxy) is 1. The van der Waals surface area contributed by atoms with Crippen molar-refractivity contribution in [3.8, 4) is 0 Å². The lowest BCUT2D eigenvalue weighted by Gasteiger charge is -2.22. The van der Waals surface area contributed by atoms with Crippen LogP contribution >= 0.6 is 0 Å². The van der Waals surface area contributed by atoms with Crippen LogP contribution < -0.4 is 5.32 Å². The van der Waals surface area contributed by atoms with Crippen molar-refractivity contribution in [1.29, 1.82) is 0 Å². The highest BCUT2D eigenvalue weighted by Gasteiger charge is 2.20. The fraction of sp³-hybridized carbons (Fsp3) is 0.975. The van der Waals surface area contributed by atoms with E-state index in [4.69, 9.17) is 4.74 Å².